The second-order valence-electron chi connectivity index (χ2n) is 11.1. The molecule has 3 N–H and O–H groups in total. The van der Waals surface area contributed by atoms with E-state index in [0.717, 1.165) is 57.8 Å². The Morgan fingerprint density at radius 3 is 2.55 bits per heavy atom. The highest BCUT2D eigenvalue weighted by Crippen LogP contribution is 2.42. The lowest BCUT2D eigenvalue weighted by Crippen LogP contribution is -2.53. The van der Waals surface area contributed by atoms with E-state index in [2.05, 4.69) is 64.7 Å². The average molecular weight is 505 g/mol. The van der Waals surface area contributed by atoms with Gasteiger partial charge in [0.2, 0.25) is 5.70 Å². The summed E-state index contributed by atoms with van der Waals surface area (Å²) in [6.07, 6.45) is 10.3. The van der Waals surface area contributed by atoms with Crippen LogP contribution < -0.4 is 11.2 Å². The molecule has 1 saturated carbocycles. The number of likely N-dealkylation sites (tertiary alicyclic amines) is 1. The zero-order chi connectivity index (χ0) is 25.7. The Morgan fingerprint density at radius 2 is 1.74 bits per heavy atom. The van der Waals surface area contributed by atoms with Crippen LogP contribution in [0.5, 0.6) is 0 Å². The van der Waals surface area contributed by atoms with Crippen molar-refractivity contribution in [2.45, 2.75) is 37.8 Å². The molecule has 1 unspecified atom stereocenters. The number of pyridine rings is 1. The van der Waals surface area contributed by atoms with Crippen LogP contribution in [0, 0.1) is 5.92 Å². The van der Waals surface area contributed by atoms with Crippen LogP contribution in [-0.2, 0) is 0 Å². The summed E-state index contributed by atoms with van der Waals surface area (Å²) in [5.41, 5.74) is 6.07. The number of piperidine rings is 1. The number of allylic oxidation sites excluding steroid dienone is 2. The number of aromatic nitrogens is 1. The highest BCUT2D eigenvalue weighted by molar-refractivity contribution is 6.02. The van der Waals surface area contributed by atoms with Crippen LogP contribution in [0.25, 0.3) is 22.2 Å². The zero-order valence-corrected chi connectivity index (χ0v) is 21.8. The van der Waals surface area contributed by atoms with Crippen molar-refractivity contribution in [3.05, 3.63) is 90.0 Å². The van der Waals surface area contributed by atoms with Crippen LogP contribution in [0.4, 0.5) is 0 Å². The Balaban J connectivity index is 1.16. The number of nitrogens with two attached hydrogens (primary N) is 1. The molecule has 1 saturated heterocycles. The van der Waals surface area contributed by atoms with Crippen molar-refractivity contribution in [3.8, 4) is 11.3 Å². The minimum Gasteiger partial charge on any atom is -0.311 e. The SMILES string of the molecule is CN1CCC(NC2CC(C3=C4C=NC=C[N+]4(N)C(c4ccc5ccc(-c6ccccc6)nc5c4)=N3)C2)CC1. The number of hydrogen-bond acceptors (Lipinski definition) is 6. The molecule has 3 aromatic rings. The van der Waals surface area contributed by atoms with E-state index in [-0.39, 0.29) is 4.59 Å². The van der Waals surface area contributed by atoms with Crippen molar-refractivity contribution in [2.24, 2.45) is 21.7 Å². The smallest absolute Gasteiger partial charge is 0.264 e. The summed E-state index contributed by atoms with van der Waals surface area (Å²) in [6, 6.07) is 22.0. The monoisotopic (exact) mass is 504 g/mol. The van der Waals surface area contributed by atoms with Crippen LogP contribution in [0.1, 0.15) is 31.2 Å². The van der Waals surface area contributed by atoms with E-state index >= 15 is 0 Å². The van der Waals surface area contributed by atoms with Gasteiger partial charge in [-0.3, -0.25) is 4.99 Å². The first-order valence-corrected chi connectivity index (χ1v) is 13.7. The normalized spacial score (nSPS) is 27.5. The van der Waals surface area contributed by atoms with Gasteiger partial charge < -0.3 is 10.2 Å². The topological polar surface area (TPSA) is 78.9 Å². The largest absolute Gasteiger partial charge is 0.311 e. The quantitative estimate of drug-likeness (QED) is 0.394. The molecule has 0 radical (unpaired) electrons. The number of quaternary nitrogens is 1. The van der Waals surface area contributed by atoms with Crippen LogP contribution in [0.3, 0.4) is 0 Å². The summed E-state index contributed by atoms with van der Waals surface area (Å²) in [5, 5.41) is 5.00. The van der Waals surface area contributed by atoms with Gasteiger partial charge in [-0.15, -0.1) is 4.59 Å². The maximum absolute atomic E-state index is 7.04. The molecular formula is C31H34N7+. The Labute approximate surface area is 223 Å². The first-order valence-electron chi connectivity index (χ1n) is 13.7. The summed E-state index contributed by atoms with van der Waals surface area (Å²) in [5.74, 6) is 8.27. The molecule has 7 rings (SSSR count). The number of aliphatic imine (C=N–C) groups is 2. The van der Waals surface area contributed by atoms with E-state index in [9.17, 15) is 0 Å². The standard InChI is InChI=1S/C31H34N7/c1-37-14-11-25(12-15-37)34-26-17-24(18-26)30-29-20-33-13-16-38(29,32)31(36-30)23-8-7-22-9-10-27(35-28(22)19-23)21-5-3-2-4-6-21/h2-10,13,16,19-20,24-26,34H,11-12,14-15,17-18,32H2,1H3/q+1. The molecule has 1 aromatic heterocycles. The molecular weight excluding hydrogens is 470 g/mol. The van der Waals surface area contributed by atoms with Crippen molar-refractivity contribution < 1.29 is 4.59 Å². The van der Waals surface area contributed by atoms with Gasteiger partial charge in [-0.1, -0.05) is 42.5 Å². The number of amidine groups is 1. The van der Waals surface area contributed by atoms with Gasteiger partial charge in [-0.05, 0) is 64.0 Å². The molecule has 0 bridgehead atoms. The second kappa shape index (κ2) is 9.36. The lowest BCUT2D eigenvalue weighted by Gasteiger charge is -2.40. The van der Waals surface area contributed by atoms with Crippen molar-refractivity contribution in [2.75, 3.05) is 20.1 Å². The highest BCUT2D eigenvalue weighted by atomic mass is 15.6. The van der Waals surface area contributed by atoms with Crippen molar-refractivity contribution in [3.63, 3.8) is 0 Å². The average Bonchev–Trinajstić information content (AvgIpc) is 3.24. The minimum absolute atomic E-state index is 0.0618. The molecule has 2 aromatic carbocycles. The molecule has 2 fully saturated rings. The Morgan fingerprint density at radius 1 is 0.947 bits per heavy atom. The Hall–Kier alpha value is -3.49. The van der Waals surface area contributed by atoms with Crippen LogP contribution in [0.2, 0.25) is 0 Å². The van der Waals surface area contributed by atoms with E-state index in [1.165, 1.54) is 25.9 Å². The third-order valence-corrected chi connectivity index (χ3v) is 8.56. The van der Waals surface area contributed by atoms with Crippen LogP contribution in [-0.4, -0.2) is 58.7 Å². The van der Waals surface area contributed by atoms with E-state index in [4.69, 9.17) is 15.8 Å². The van der Waals surface area contributed by atoms with Gasteiger partial charge in [-0.2, -0.15) is 10.8 Å². The lowest BCUT2D eigenvalue weighted by molar-refractivity contribution is -0.750. The predicted octanol–water partition coefficient (Wildman–Crippen LogP) is 4.58. The first kappa shape index (κ1) is 23.6. The molecule has 0 amide bonds. The third-order valence-electron chi connectivity index (χ3n) is 8.56. The molecule has 3 aliphatic heterocycles. The molecule has 7 heteroatoms. The number of hydrogen-bond donors (Lipinski definition) is 2. The molecule has 4 heterocycles. The molecule has 1 atom stereocenters. The number of rotatable bonds is 5. The lowest BCUT2D eigenvalue weighted by atomic mass is 9.77. The fourth-order valence-corrected chi connectivity index (χ4v) is 6.22. The van der Waals surface area contributed by atoms with Crippen LogP contribution in [0.15, 0.2) is 94.4 Å². The second-order valence-corrected chi connectivity index (χ2v) is 11.1. The molecule has 38 heavy (non-hydrogen) atoms. The minimum atomic E-state index is 0.0618. The summed E-state index contributed by atoms with van der Waals surface area (Å²) in [6.45, 7) is 2.36. The van der Waals surface area contributed by atoms with Gasteiger partial charge in [0.25, 0.3) is 5.84 Å². The van der Waals surface area contributed by atoms with Gasteiger partial charge in [0.15, 0.2) is 0 Å². The van der Waals surface area contributed by atoms with Crippen molar-refractivity contribution >= 4 is 23.0 Å². The number of fused-ring (bicyclic) bond motifs is 2. The zero-order valence-electron chi connectivity index (χ0n) is 21.8. The fraction of sp³-hybridized carbons (Fsp3) is 0.323. The van der Waals surface area contributed by atoms with E-state index in [1.807, 2.05) is 30.6 Å². The van der Waals surface area contributed by atoms with Crippen molar-refractivity contribution in [1.29, 1.82) is 0 Å². The molecule has 4 aliphatic rings. The maximum atomic E-state index is 7.04. The predicted molar refractivity (Wildman–Crippen MR) is 153 cm³/mol. The number of nitrogens with one attached hydrogen (secondary N) is 1. The Kier molecular flexibility index (Phi) is 5.82. The highest BCUT2D eigenvalue weighted by Gasteiger charge is 2.48. The summed E-state index contributed by atoms with van der Waals surface area (Å²) in [7, 11) is 2.21. The van der Waals surface area contributed by atoms with Gasteiger partial charge in [0.1, 0.15) is 11.9 Å². The van der Waals surface area contributed by atoms with Gasteiger partial charge in [-0.25, -0.2) is 4.98 Å². The summed E-state index contributed by atoms with van der Waals surface area (Å²) >= 11 is 0. The molecule has 192 valence electrons. The summed E-state index contributed by atoms with van der Waals surface area (Å²) < 4.78 is 0.0618. The maximum Gasteiger partial charge on any atom is 0.264 e. The number of benzene rings is 2. The molecule has 1 aliphatic carbocycles. The van der Waals surface area contributed by atoms with E-state index < -0.39 is 0 Å². The van der Waals surface area contributed by atoms with Crippen molar-refractivity contribution in [1.82, 2.24) is 15.2 Å². The Bertz CT molecular complexity index is 1490. The van der Waals surface area contributed by atoms with Crippen LogP contribution >= 0.6 is 0 Å². The number of nitrogens with zero attached hydrogens (tertiary/aromatic N) is 5. The fourth-order valence-electron chi connectivity index (χ4n) is 6.22. The first-order chi connectivity index (χ1) is 18.6. The van der Waals surface area contributed by atoms with E-state index in [0.29, 0.717) is 18.0 Å². The van der Waals surface area contributed by atoms with Gasteiger partial charge >= 0.3 is 0 Å². The summed E-state index contributed by atoms with van der Waals surface area (Å²) in [4.78, 5) is 17.1. The molecule has 7 nitrogen and oxygen atoms in total. The van der Waals surface area contributed by atoms with Gasteiger partial charge in [0.05, 0.1) is 29.2 Å². The van der Waals surface area contributed by atoms with Gasteiger partial charge in [0, 0.05) is 29.0 Å². The molecule has 0 spiro atoms. The van der Waals surface area contributed by atoms with E-state index in [1.54, 1.807) is 6.20 Å². The third kappa shape index (κ3) is 4.12.